The molecule has 1 N–H and O–H groups in total. The predicted octanol–water partition coefficient (Wildman–Crippen LogP) is 2.03. The number of carboxylic acids is 1. The number of rotatable bonds is 3. The summed E-state index contributed by atoms with van der Waals surface area (Å²) in [6.07, 6.45) is 3.08. The first kappa shape index (κ1) is 12.1. The number of carbonyl (C=O) groups is 1. The Bertz CT molecular complexity index is 607. The first-order valence-corrected chi connectivity index (χ1v) is 5.15. The van der Waals surface area contributed by atoms with E-state index in [-0.39, 0.29) is 11.4 Å². The summed E-state index contributed by atoms with van der Waals surface area (Å²) in [6, 6.07) is 2.50. The molecule has 0 aliphatic rings. The number of ether oxygens (including phenoxy) is 1. The van der Waals surface area contributed by atoms with Gasteiger partial charge < -0.3 is 14.4 Å². The molecule has 1 aromatic carbocycles. The predicted molar refractivity (Wildman–Crippen MR) is 61.8 cm³/mol. The first-order valence-electron chi connectivity index (χ1n) is 5.15. The van der Waals surface area contributed by atoms with E-state index in [0.717, 1.165) is 6.07 Å². The second-order valence-corrected chi connectivity index (χ2v) is 3.65. The van der Waals surface area contributed by atoms with Crippen LogP contribution in [0.4, 0.5) is 4.39 Å². The van der Waals surface area contributed by atoms with Crippen molar-refractivity contribution < 1.29 is 19.0 Å². The maximum Gasteiger partial charge on any atom is 0.340 e. The summed E-state index contributed by atoms with van der Waals surface area (Å²) in [5.74, 6) is -1.37. The molecule has 0 saturated heterocycles. The quantitative estimate of drug-likeness (QED) is 0.905. The number of hydrogen-bond acceptors (Lipinski definition) is 3. The van der Waals surface area contributed by atoms with Gasteiger partial charge >= 0.3 is 5.97 Å². The van der Waals surface area contributed by atoms with Gasteiger partial charge in [0.25, 0.3) is 0 Å². The van der Waals surface area contributed by atoms with Crippen LogP contribution in [0.2, 0.25) is 0 Å². The van der Waals surface area contributed by atoms with Crippen LogP contribution in [-0.4, -0.2) is 27.7 Å². The Labute approximate surface area is 102 Å². The van der Waals surface area contributed by atoms with E-state index in [2.05, 4.69) is 4.98 Å². The number of carboxylic acid groups (broad SMARTS) is 1. The number of methoxy groups -OCH3 is 1. The largest absolute Gasteiger partial charge is 0.497 e. The Balaban J connectivity index is 2.74. The third-order valence-corrected chi connectivity index (χ3v) is 2.58. The van der Waals surface area contributed by atoms with Crippen LogP contribution in [0.15, 0.2) is 24.5 Å². The van der Waals surface area contributed by atoms with Crippen molar-refractivity contribution in [2.75, 3.05) is 7.11 Å². The summed E-state index contributed by atoms with van der Waals surface area (Å²) in [6.45, 7) is 1.70. The standard InChI is InChI=1S/C12H11FN2O3/c1-7-14-3-4-15(7)10-6-8(18-2)5-9(13)11(10)12(16)17/h3-6H,1-2H3,(H,16,17). The van der Waals surface area contributed by atoms with Crippen LogP contribution in [0.3, 0.4) is 0 Å². The van der Waals surface area contributed by atoms with Crippen molar-refractivity contribution in [2.24, 2.45) is 0 Å². The molecule has 0 aliphatic heterocycles. The minimum Gasteiger partial charge on any atom is -0.497 e. The van der Waals surface area contributed by atoms with Gasteiger partial charge in [0.05, 0.1) is 12.8 Å². The highest BCUT2D eigenvalue weighted by molar-refractivity contribution is 5.92. The molecule has 6 heteroatoms. The molecule has 1 aromatic heterocycles. The van der Waals surface area contributed by atoms with E-state index in [9.17, 15) is 9.18 Å². The fourth-order valence-electron chi connectivity index (χ4n) is 1.72. The molecule has 0 aliphatic carbocycles. The van der Waals surface area contributed by atoms with Gasteiger partial charge in [0.2, 0.25) is 0 Å². The lowest BCUT2D eigenvalue weighted by Gasteiger charge is -2.11. The Kier molecular flexibility index (Phi) is 3.01. The van der Waals surface area contributed by atoms with Crippen LogP contribution in [0, 0.1) is 12.7 Å². The number of halogens is 1. The molecule has 94 valence electrons. The van der Waals surface area contributed by atoms with Gasteiger partial charge in [0, 0.05) is 24.5 Å². The third-order valence-electron chi connectivity index (χ3n) is 2.58. The summed E-state index contributed by atoms with van der Waals surface area (Å²) in [7, 11) is 1.39. The second kappa shape index (κ2) is 4.48. The number of aryl methyl sites for hydroxylation is 1. The van der Waals surface area contributed by atoms with Crippen molar-refractivity contribution in [2.45, 2.75) is 6.92 Å². The molecule has 2 rings (SSSR count). The minimum atomic E-state index is -1.33. The molecular formula is C12H11FN2O3. The average molecular weight is 250 g/mol. The Hall–Kier alpha value is -2.37. The van der Waals surface area contributed by atoms with Gasteiger partial charge in [-0.05, 0) is 6.92 Å². The summed E-state index contributed by atoms with van der Waals surface area (Å²) in [4.78, 5) is 15.1. The summed E-state index contributed by atoms with van der Waals surface area (Å²) >= 11 is 0. The van der Waals surface area contributed by atoms with E-state index in [1.165, 1.54) is 23.9 Å². The molecular weight excluding hydrogens is 239 g/mol. The zero-order chi connectivity index (χ0) is 13.3. The van der Waals surface area contributed by atoms with E-state index in [1.807, 2.05) is 0 Å². The number of aromatic nitrogens is 2. The van der Waals surface area contributed by atoms with Gasteiger partial charge in [-0.25, -0.2) is 14.2 Å². The zero-order valence-electron chi connectivity index (χ0n) is 9.85. The molecule has 0 unspecified atom stereocenters. The lowest BCUT2D eigenvalue weighted by atomic mass is 10.1. The van der Waals surface area contributed by atoms with E-state index < -0.39 is 17.3 Å². The number of hydrogen-bond donors (Lipinski definition) is 1. The molecule has 5 nitrogen and oxygen atoms in total. The maximum absolute atomic E-state index is 13.8. The lowest BCUT2D eigenvalue weighted by molar-refractivity contribution is 0.0692. The van der Waals surface area contributed by atoms with Crippen molar-refractivity contribution in [3.05, 3.63) is 41.7 Å². The summed E-state index contributed by atoms with van der Waals surface area (Å²) in [5.41, 5.74) is -0.216. The normalized spacial score (nSPS) is 10.4. The highest BCUT2D eigenvalue weighted by Crippen LogP contribution is 2.25. The van der Waals surface area contributed by atoms with Crippen molar-refractivity contribution >= 4 is 5.97 Å². The van der Waals surface area contributed by atoms with Crippen molar-refractivity contribution in [3.63, 3.8) is 0 Å². The van der Waals surface area contributed by atoms with Crippen LogP contribution < -0.4 is 4.74 Å². The Morgan fingerprint density at radius 2 is 2.22 bits per heavy atom. The van der Waals surface area contributed by atoms with E-state index in [1.54, 1.807) is 13.1 Å². The number of imidazole rings is 1. The fraction of sp³-hybridized carbons (Fsp3) is 0.167. The maximum atomic E-state index is 13.8. The first-order chi connectivity index (χ1) is 8.54. The summed E-state index contributed by atoms with van der Waals surface area (Å²) < 4.78 is 20.2. The van der Waals surface area contributed by atoms with Gasteiger partial charge in [-0.15, -0.1) is 0 Å². The van der Waals surface area contributed by atoms with Crippen LogP contribution in [0.5, 0.6) is 5.75 Å². The van der Waals surface area contributed by atoms with Crippen molar-refractivity contribution in [1.29, 1.82) is 0 Å². The minimum absolute atomic E-state index is 0.189. The van der Waals surface area contributed by atoms with Crippen LogP contribution in [0.25, 0.3) is 5.69 Å². The zero-order valence-corrected chi connectivity index (χ0v) is 9.85. The van der Waals surface area contributed by atoms with Gasteiger partial charge in [-0.3, -0.25) is 0 Å². The average Bonchev–Trinajstić information content (AvgIpc) is 2.73. The van der Waals surface area contributed by atoms with Crippen molar-refractivity contribution in [1.82, 2.24) is 9.55 Å². The van der Waals surface area contributed by atoms with Gasteiger partial charge in [-0.1, -0.05) is 0 Å². The Morgan fingerprint density at radius 1 is 1.50 bits per heavy atom. The molecule has 0 radical (unpaired) electrons. The molecule has 0 saturated carbocycles. The van der Waals surface area contributed by atoms with Crippen LogP contribution >= 0.6 is 0 Å². The monoisotopic (exact) mass is 250 g/mol. The van der Waals surface area contributed by atoms with Crippen LogP contribution in [-0.2, 0) is 0 Å². The lowest BCUT2D eigenvalue weighted by Crippen LogP contribution is -2.09. The molecule has 0 fully saturated rings. The van der Waals surface area contributed by atoms with E-state index in [4.69, 9.17) is 9.84 Å². The molecule has 18 heavy (non-hydrogen) atoms. The molecule has 2 aromatic rings. The number of nitrogens with zero attached hydrogens (tertiary/aromatic N) is 2. The molecule has 0 bridgehead atoms. The highest BCUT2D eigenvalue weighted by Gasteiger charge is 2.20. The third kappa shape index (κ3) is 1.92. The Morgan fingerprint density at radius 3 is 2.72 bits per heavy atom. The molecule has 0 amide bonds. The molecule has 1 heterocycles. The fourth-order valence-corrected chi connectivity index (χ4v) is 1.72. The van der Waals surface area contributed by atoms with Gasteiger partial charge in [-0.2, -0.15) is 0 Å². The number of benzene rings is 1. The SMILES string of the molecule is COc1cc(F)c(C(=O)O)c(-n2ccnc2C)c1. The summed E-state index contributed by atoms with van der Waals surface area (Å²) in [5, 5.41) is 9.09. The smallest absolute Gasteiger partial charge is 0.340 e. The van der Waals surface area contributed by atoms with Gasteiger partial charge in [0.1, 0.15) is 23.0 Å². The number of aromatic carboxylic acids is 1. The topological polar surface area (TPSA) is 64.3 Å². The molecule has 0 atom stereocenters. The highest BCUT2D eigenvalue weighted by atomic mass is 19.1. The van der Waals surface area contributed by atoms with Crippen molar-refractivity contribution in [3.8, 4) is 11.4 Å². The molecule has 0 spiro atoms. The van der Waals surface area contributed by atoms with Crippen LogP contribution in [0.1, 0.15) is 16.2 Å². The van der Waals surface area contributed by atoms with E-state index >= 15 is 0 Å². The van der Waals surface area contributed by atoms with Gasteiger partial charge in [0.15, 0.2) is 0 Å². The second-order valence-electron chi connectivity index (χ2n) is 3.65. The van der Waals surface area contributed by atoms with E-state index in [0.29, 0.717) is 5.82 Å².